The number of carbonyl (C=O) groups is 1. The zero-order valence-corrected chi connectivity index (χ0v) is 13.5. The molecule has 1 fully saturated rings. The minimum atomic E-state index is -0.444. The fraction of sp³-hybridized carbons (Fsp3) is 0.500. The van der Waals surface area contributed by atoms with Gasteiger partial charge in [-0.1, -0.05) is 22.0 Å². The van der Waals surface area contributed by atoms with Crippen LogP contribution in [0.3, 0.4) is 0 Å². The second-order valence-corrected chi connectivity index (χ2v) is 5.87. The first-order valence-corrected chi connectivity index (χ1v) is 7.97. The van der Waals surface area contributed by atoms with E-state index in [0.717, 1.165) is 25.0 Å². The monoisotopic (exact) mass is 355 g/mol. The van der Waals surface area contributed by atoms with Gasteiger partial charge in [0.25, 0.3) is 11.6 Å². The van der Waals surface area contributed by atoms with Crippen molar-refractivity contribution in [2.24, 2.45) is 0 Å². The third-order valence-electron chi connectivity index (χ3n) is 3.71. The summed E-state index contributed by atoms with van der Waals surface area (Å²) in [7, 11) is 0. The third kappa shape index (κ3) is 3.79. The molecule has 7 heteroatoms. The molecule has 0 N–H and O–H groups in total. The maximum absolute atomic E-state index is 12.4. The second kappa shape index (κ2) is 7.00. The van der Waals surface area contributed by atoms with Crippen molar-refractivity contribution < 1.29 is 9.72 Å². The van der Waals surface area contributed by atoms with Gasteiger partial charge in [-0.25, -0.2) is 0 Å². The van der Waals surface area contributed by atoms with Crippen molar-refractivity contribution in [3.8, 4) is 0 Å². The Labute approximate surface area is 132 Å². The van der Waals surface area contributed by atoms with E-state index in [0.29, 0.717) is 24.2 Å². The Hall–Kier alpha value is -1.47. The van der Waals surface area contributed by atoms with Gasteiger partial charge >= 0.3 is 0 Å². The number of hydrogen-bond acceptors (Lipinski definition) is 4. The summed E-state index contributed by atoms with van der Waals surface area (Å²) in [5.74, 6) is -0.128. The number of halogens is 1. The highest BCUT2D eigenvalue weighted by molar-refractivity contribution is 9.09. The second-order valence-electron chi connectivity index (χ2n) is 5.08. The van der Waals surface area contributed by atoms with Crippen molar-refractivity contribution in [3.05, 3.63) is 39.4 Å². The van der Waals surface area contributed by atoms with Gasteiger partial charge in [-0.2, -0.15) is 0 Å². The van der Waals surface area contributed by atoms with E-state index in [1.165, 1.54) is 6.07 Å². The molecule has 1 amide bonds. The maximum atomic E-state index is 12.4. The molecule has 6 nitrogen and oxygen atoms in total. The molecule has 0 saturated carbocycles. The van der Waals surface area contributed by atoms with E-state index in [1.807, 2.05) is 0 Å². The van der Waals surface area contributed by atoms with Crippen molar-refractivity contribution in [1.82, 2.24) is 9.80 Å². The van der Waals surface area contributed by atoms with Gasteiger partial charge in [0.15, 0.2) is 0 Å². The summed E-state index contributed by atoms with van der Waals surface area (Å²) >= 11 is 3.41. The molecule has 1 aromatic carbocycles. The predicted octanol–water partition coefficient (Wildman–Crippen LogP) is 2.06. The predicted molar refractivity (Wildman–Crippen MR) is 84.0 cm³/mol. The summed E-state index contributed by atoms with van der Waals surface area (Å²) in [6.45, 7) is 5.64. The number of nitro benzene ring substituents is 1. The molecule has 1 saturated heterocycles. The van der Waals surface area contributed by atoms with Crippen LogP contribution in [0.4, 0.5) is 5.69 Å². The Bertz CT molecular complexity index is 542. The molecule has 1 aliphatic heterocycles. The zero-order valence-electron chi connectivity index (χ0n) is 11.9. The highest BCUT2D eigenvalue weighted by atomic mass is 79.9. The van der Waals surface area contributed by atoms with Gasteiger partial charge in [0.05, 0.1) is 4.92 Å². The normalized spacial score (nSPS) is 16.0. The Morgan fingerprint density at radius 1 is 1.33 bits per heavy atom. The van der Waals surface area contributed by atoms with Gasteiger partial charge in [0.2, 0.25) is 0 Å². The van der Waals surface area contributed by atoms with Gasteiger partial charge in [0.1, 0.15) is 0 Å². The number of carbonyl (C=O) groups excluding carboxylic acids is 1. The van der Waals surface area contributed by atoms with Crippen molar-refractivity contribution in [3.63, 3.8) is 0 Å². The SMILES string of the molecule is Cc1ccc(C(=O)N2CCN(CCBr)CC2)cc1[N+](=O)[O-]. The van der Waals surface area contributed by atoms with E-state index < -0.39 is 4.92 Å². The lowest BCUT2D eigenvalue weighted by Gasteiger charge is -2.34. The maximum Gasteiger partial charge on any atom is 0.273 e. The summed E-state index contributed by atoms with van der Waals surface area (Å²) < 4.78 is 0. The smallest absolute Gasteiger partial charge is 0.273 e. The molecule has 0 radical (unpaired) electrons. The quantitative estimate of drug-likeness (QED) is 0.471. The number of amides is 1. The Morgan fingerprint density at radius 2 is 2.00 bits per heavy atom. The number of alkyl halides is 1. The molecule has 1 aromatic rings. The number of aryl methyl sites for hydroxylation is 1. The van der Waals surface area contributed by atoms with Crippen LogP contribution in [-0.2, 0) is 0 Å². The minimum Gasteiger partial charge on any atom is -0.336 e. The van der Waals surface area contributed by atoms with Crippen LogP contribution < -0.4 is 0 Å². The lowest BCUT2D eigenvalue weighted by Crippen LogP contribution is -2.49. The van der Waals surface area contributed by atoms with Gasteiger partial charge in [-0.05, 0) is 13.0 Å². The van der Waals surface area contributed by atoms with E-state index in [9.17, 15) is 14.9 Å². The van der Waals surface area contributed by atoms with Crippen LogP contribution in [0.5, 0.6) is 0 Å². The van der Waals surface area contributed by atoms with Crippen LogP contribution in [0.1, 0.15) is 15.9 Å². The molecular weight excluding hydrogens is 338 g/mol. The fourth-order valence-electron chi connectivity index (χ4n) is 2.42. The zero-order chi connectivity index (χ0) is 15.4. The van der Waals surface area contributed by atoms with Gasteiger partial charge in [0, 0.05) is 55.2 Å². The van der Waals surface area contributed by atoms with E-state index in [4.69, 9.17) is 0 Å². The Balaban J connectivity index is 2.07. The molecule has 21 heavy (non-hydrogen) atoms. The lowest BCUT2D eigenvalue weighted by atomic mass is 10.1. The summed E-state index contributed by atoms with van der Waals surface area (Å²) in [5.41, 5.74) is 0.957. The van der Waals surface area contributed by atoms with Crippen LogP contribution in [-0.4, -0.2) is 58.7 Å². The topological polar surface area (TPSA) is 66.7 Å². The first-order valence-electron chi connectivity index (χ1n) is 6.85. The highest BCUT2D eigenvalue weighted by Gasteiger charge is 2.23. The van der Waals surface area contributed by atoms with Crippen molar-refractivity contribution in [1.29, 1.82) is 0 Å². The summed E-state index contributed by atoms with van der Waals surface area (Å²) in [6, 6.07) is 4.67. The van der Waals surface area contributed by atoms with Gasteiger partial charge in [-0.15, -0.1) is 0 Å². The molecule has 0 aliphatic carbocycles. The van der Waals surface area contributed by atoms with E-state index >= 15 is 0 Å². The first kappa shape index (κ1) is 15.9. The Kier molecular flexibility index (Phi) is 5.30. The number of hydrogen-bond donors (Lipinski definition) is 0. The van der Waals surface area contributed by atoms with E-state index in [1.54, 1.807) is 24.0 Å². The number of nitrogens with zero attached hydrogens (tertiary/aromatic N) is 3. The molecule has 0 unspecified atom stereocenters. The van der Waals surface area contributed by atoms with E-state index in [2.05, 4.69) is 20.8 Å². The highest BCUT2D eigenvalue weighted by Crippen LogP contribution is 2.20. The van der Waals surface area contributed by atoms with Crippen molar-refractivity contribution in [2.45, 2.75) is 6.92 Å². The molecule has 0 bridgehead atoms. The molecule has 0 atom stereocenters. The van der Waals surface area contributed by atoms with Crippen molar-refractivity contribution in [2.75, 3.05) is 38.1 Å². The average molecular weight is 356 g/mol. The van der Waals surface area contributed by atoms with Crippen molar-refractivity contribution >= 4 is 27.5 Å². The molecular formula is C14H18BrN3O3. The number of nitro groups is 1. The summed E-state index contributed by atoms with van der Waals surface area (Å²) in [5, 5.41) is 11.9. The first-order chi connectivity index (χ1) is 10.0. The van der Waals surface area contributed by atoms with Crippen LogP contribution >= 0.6 is 15.9 Å². The molecule has 0 aromatic heterocycles. The standard InChI is InChI=1S/C14H18BrN3O3/c1-11-2-3-12(10-13(11)18(20)21)14(19)17-8-6-16(5-4-15)7-9-17/h2-3,10H,4-9H2,1H3. The summed E-state index contributed by atoms with van der Waals surface area (Å²) in [4.78, 5) is 27.0. The average Bonchev–Trinajstić information content (AvgIpc) is 2.48. The fourth-order valence-corrected chi connectivity index (χ4v) is 2.92. The molecule has 2 rings (SSSR count). The summed E-state index contributed by atoms with van der Waals surface area (Å²) in [6.07, 6.45) is 0. The van der Waals surface area contributed by atoms with Gasteiger partial charge < -0.3 is 4.90 Å². The number of benzene rings is 1. The molecule has 1 aliphatic rings. The molecule has 114 valence electrons. The number of piperazine rings is 1. The number of rotatable bonds is 4. The van der Waals surface area contributed by atoms with Gasteiger partial charge in [-0.3, -0.25) is 19.8 Å². The molecule has 1 heterocycles. The lowest BCUT2D eigenvalue weighted by molar-refractivity contribution is -0.385. The van der Waals surface area contributed by atoms with Crippen LogP contribution in [0, 0.1) is 17.0 Å². The Morgan fingerprint density at radius 3 is 2.57 bits per heavy atom. The van der Waals surface area contributed by atoms with Crippen LogP contribution in [0.25, 0.3) is 0 Å². The molecule has 0 spiro atoms. The van der Waals surface area contributed by atoms with Crippen LogP contribution in [0.15, 0.2) is 18.2 Å². The van der Waals surface area contributed by atoms with E-state index in [-0.39, 0.29) is 11.6 Å². The third-order valence-corrected chi connectivity index (χ3v) is 4.07. The largest absolute Gasteiger partial charge is 0.336 e. The van der Waals surface area contributed by atoms with Crippen LogP contribution in [0.2, 0.25) is 0 Å². The minimum absolute atomic E-state index is 0.00113.